The topological polar surface area (TPSA) is 56.9 Å². The predicted octanol–water partition coefficient (Wildman–Crippen LogP) is 1.92. The van der Waals surface area contributed by atoms with E-state index in [0.717, 1.165) is 50.8 Å². The zero-order valence-corrected chi connectivity index (χ0v) is 16.3. The van der Waals surface area contributed by atoms with E-state index >= 15 is 0 Å². The molecule has 1 aromatic heterocycles. The number of hydrogen-bond donors (Lipinski definition) is 1. The number of imidazole rings is 1. The van der Waals surface area contributed by atoms with Crippen LogP contribution in [0.15, 0.2) is 30.7 Å². The van der Waals surface area contributed by atoms with E-state index in [0.29, 0.717) is 12.8 Å². The minimum absolute atomic E-state index is 0.343. The molecule has 0 amide bonds. The standard InChI is InChI=1S/C21H29N5O2/c1-2-19(14-25(5-1)13-18-11-22-15-23-18)26-8-6-24(7-9-26)12-17-3-4-20-21(10-17)28-16-27-20/h3-4,10-11,15,19H,1-2,5-9,12-14,16H2,(H,22,23). The maximum Gasteiger partial charge on any atom is 0.231 e. The molecular weight excluding hydrogens is 354 g/mol. The molecule has 0 aliphatic carbocycles. The molecule has 0 bridgehead atoms. The lowest BCUT2D eigenvalue weighted by Crippen LogP contribution is -2.54. The van der Waals surface area contributed by atoms with E-state index in [-0.39, 0.29) is 0 Å². The number of rotatable bonds is 5. The number of nitrogens with one attached hydrogen (secondary N) is 1. The van der Waals surface area contributed by atoms with E-state index < -0.39 is 0 Å². The smallest absolute Gasteiger partial charge is 0.231 e. The first-order valence-electron chi connectivity index (χ1n) is 10.4. The molecule has 3 aliphatic heterocycles. The van der Waals surface area contributed by atoms with E-state index in [4.69, 9.17) is 9.47 Å². The largest absolute Gasteiger partial charge is 0.454 e. The first-order valence-corrected chi connectivity index (χ1v) is 10.4. The second-order valence-electron chi connectivity index (χ2n) is 8.11. The third-order valence-corrected chi connectivity index (χ3v) is 6.20. The average Bonchev–Trinajstić information content (AvgIpc) is 3.40. The molecule has 0 saturated carbocycles. The van der Waals surface area contributed by atoms with E-state index in [2.05, 4.69) is 36.8 Å². The summed E-state index contributed by atoms with van der Waals surface area (Å²) in [6.45, 7) is 9.26. The van der Waals surface area contributed by atoms with Gasteiger partial charge in [-0.3, -0.25) is 14.7 Å². The Bertz CT molecular complexity index is 773. The molecule has 150 valence electrons. The lowest BCUT2D eigenvalue weighted by Gasteiger charge is -2.43. The Morgan fingerprint density at radius 3 is 2.75 bits per heavy atom. The molecule has 7 heteroatoms. The van der Waals surface area contributed by atoms with Crippen molar-refractivity contribution in [3.8, 4) is 11.5 Å². The SMILES string of the molecule is c1ncc(CN2CCCC(N3CCN(Cc4ccc5c(c4)OCO5)CC3)C2)[nH]1. The number of ether oxygens (including phenoxy) is 2. The van der Waals surface area contributed by atoms with Crippen molar-refractivity contribution >= 4 is 0 Å². The lowest BCUT2D eigenvalue weighted by molar-refractivity contribution is 0.0474. The van der Waals surface area contributed by atoms with Gasteiger partial charge in [0.1, 0.15) is 0 Å². The van der Waals surface area contributed by atoms with Crippen LogP contribution in [0.5, 0.6) is 11.5 Å². The maximum atomic E-state index is 5.51. The van der Waals surface area contributed by atoms with Gasteiger partial charge in [-0.15, -0.1) is 0 Å². The second-order valence-corrected chi connectivity index (χ2v) is 8.11. The van der Waals surface area contributed by atoms with Crippen molar-refractivity contribution in [2.24, 2.45) is 0 Å². The van der Waals surface area contributed by atoms with Crippen molar-refractivity contribution in [1.82, 2.24) is 24.7 Å². The fraction of sp³-hybridized carbons (Fsp3) is 0.571. The molecule has 1 N–H and O–H groups in total. The number of piperidine rings is 1. The molecule has 5 rings (SSSR count). The summed E-state index contributed by atoms with van der Waals surface area (Å²) >= 11 is 0. The third-order valence-electron chi connectivity index (χ3n) is 6.20. The van der Waals surface area contributed by atoms with Crippen LogP contribution in [0.3, 0.4) is 0 Å². The Balaban J connectivity index is 1.11. The van der Waals surface area contributed by atoms with Crippen molar-refractivity contribution in [2.75, 3.05) is 46.1 Å². The van der Waals surface area contributed by atoms with Gasteiger partial charge >= 0.3 is 0 Å². The van der Waals surface area contributed by atoms with Crippen molar-refractivity contribution in [1.29, 1.82) is 0 Å². The van der Waals surface area contributed by atoms with Crippen LogP contribution in [-0.2, 0) is 13.1 Å². The zero-order chi connectivity index (χ0) is 18.8. The zero-order valence-electron chi connectivity index (χ0n) is 16.3. The molecule has 4 heterocycles. The normalized spacial score (nSPS) is 23.9. The number of aromatic nitrogens is 2. The van der Waals surface area contributed by atoms with Crippen LogP contribution in [0.2, 0.25) is 0 Å². The molecule has 28 heavy (non-hydrogen) atoms. The summed E-state index contributed by atoms with van der Waals surface area (Å²) in [6, 6.07) is 7.01. The molecule has 2 aromatic rings. The molecular formula is C21H29N5O2. The highest BCUT2D eigenvalue weighted by atomic mass is 16.7. The first-order chi connectivity index (χ1) is 13.8. The average molecular weight is 383 g/mol. The molecule has 0 radical (unpaired) electrons. The molecule has 7 nitrogen and oxygen atoms in total. The summed E-state index contributed by atoms with van der Waals surface area (Å²) < 4.78 is 10.9. The number of H-pyrrole nitrogens is 1. The van der Waals surface area contributed by atoms with Gasteiger partial charge in [0.25, 0.3) is 0 Å². The summed E-state index contributed by atoms with van der Waals surface area (Å²) in [4.78, 5) is 15.2. The molecule has 2 fully saturated rings. The Kier molecular flexibility index (Phi) is 5.20. The minimum atomic E-state index is 0.343. The van der Waals surface area contributed by atoms with Crippen LogP contribution in [0.25, 0.3) is 0 Å². The fourth-order valence-electron chi connectivity index (χ4n) is 4.67. The van der Waals surface area contributed by atoms with Gasteiger partial charge < -0.3 is 14.5 Å². The first kappa shape index (κ1) is 18.0. The predicted molar refractivity (Wildman–Crippen MR) is 106 cm³/mol. The number of fused-ring (bicyclic) bond motifs is 1. The van der Waals surface area contributed by atoms with Crippen LogP contribution in [-0.4, -0.2) is 76.8 Å². The highest BCUT2D eigenvalue weighted by Crippen LogP contribution is 2.33. The van der Waals surface area contributed by atoms with Crippen molar-refractivity contribution < 1.29 is 9.47 Å². The Morgan fingerprint density at radius 1 is 1.00 bits per heavy atom. The number of aromatic amines is 1. The van der Waals surface area contributed by atoms with E-state index in [1.54, 1.807) is 6.33 Å². The molecule has 2 saturated heterocycles. The Labute approximate surface area is 166 Å². The quantitative estimate of drug-likeness (QED) is 0.851. The van der Waals surface area contributed by atoms with Gasteiger partial charge in [0, 0.05) is 63.7 Å². The molecule has 3 aliphatic rings. The number of hydrogen-bond acceptors (Lipinski definition) is 6. The van der Waals surface area contributed by atoms with Gasteiger partial charge in [-0.05, 0) is 37.1 Å². The fourth-order valence-corrected chi connectivity index (χ4v) is 4.67. The second kappa shape index (κ2) is 8.11. The minimum Gasteiger partial charge on any atom is -0.454 e. The van der Waals surface area contributed by atoms with Crippen molar-refractivity contribution in [3.05, 3.63) is 42.0 Å². The van der Waals surface area contributed by atoms with Gasteiger partial charge in [-0.25, -0.2) is 4.98 Å². The van der Waals surface area contributed by atoms with Gasteiger partial charge in [-0.1, -0.05) is 6.07 Å². The van der Waals surface area contributed by atoms with Gasteiger partial charge in [0.15, 0.2) is 11.5 Å². The van der Waals surface area contributed by atoms with E-state index in [1.165, 1.54) is 37.2 Å². The van der Waals surface area contributed by atoms with E-state index in [1.807, 2.05) is 12.3 Å². The Hall–Kier alpha value is -2.09. The summed E-state index contributed by atoms with van der Waals surface area (Å²) in [6.07, 6.45) is 6.33. The Morgan fingerprint density at radius 2 is 1.89 bits per heavy atom. The summed E-state index contributed by atoms with van der Waals surface area (Å²) in [5.74, 6) is 1.75. The summed E-state index contributed by atoms with van der Waals surface area (Å²) in [5.41, 5.74) is 2.52. The molecule has 1 unspecified atom stereocenters. The van der Waals surface area contributed by atoms with Gasteiger partial charge in [0.2, 0.25) is 6.79 Å². The van der Waals surface area contributed by atoms with Crippen LogP contribution < -0.4 is 9.47 Å². The number of piperazine rings is 1. The van der Waals surface area contributed by atoms with Crippen LogP contribution >= 0.6 is 0 Å². The van der Waals surface area contributed by atoms with E-state index in [9.17, 15) is 0 Å². The maximum absolute atomic E-state index is 5.51. The van der Waals surface area contributed by atoms with Crippen molar-refractivity contribution in [2.45, 2.75) is 32.0 Å². The lowest BCUT2D eigenvalue weighted by atomic mass is 10.0. The highest BCUT2D eigenvalue weighted by molar-refractivity contribution is 5.44. The van der Waals surface area contributed by atoms with Crippen molar-refractivity contribution in [3.63, 3.8) is 0 Å². The van der Waals surface area contributed by atoms with Crippen LogP contribution in [0.4, 0.5) is 0 Å². The molecule has 1 aromatic carbocycles. The summed E-state index contributed by atoms with van der Waals surface area (Å²) in [7, 11) is 0. The number of benzene rings is 1. The summed E-state index contributed by atoms with van der Waals surface area (Å²) in [5, 5.41) is 0. The van der Waals surface area contributed by atoms with Crippen LogP contribution in [0, 0.1) is 0 Å². The van der Waals surface area contributed by atoms with Gasteiger partial charge in [0.05, 0.1) is 6.33 Å². The molecule has 1 atom stereocenters. The number of nitrogens with zero attached hydrogens (tertiary/aromatic N) is 4. The highest BCUT2D eigenvalue weighted by Gasteiger charge is 2.28. The van der Waals surface area contributed by atoms with Gasteiger partial charge in [-0.2, -0.15) is 0 Å². The molecule has 0 spiro atoms. The van der Waals surface area contributed by atoms with Crippen LogP contribution in [0.1, 0.15) is 24.1 Å². The monoisotopic (exact) mass is 383 g/mol. The number of likely N-dealkylation sites (tertiary alicyclic amines) is 1. The third kappa shape index (κ3) is 4.01.